The Balaban J connectivity index is 1.24. The largest absolute Gasteiger partial charge is 0.338 e. The molecule has 0 spiro atoms. The zero-order valence-corrected chi connectivity index (χ0v) is 21.2. The lowest BCUT2D eigenvalue weighted by molar-refractivity contribution is -0.134. The van der Waals surface area contributed by atoms with E-state index in [9.17, 15) is 14.4 Å². The van der Waals surface area contributed by atoms with E-state index in [-0.39, 0.29) is 29.0 Å². The minimum atomic E-state index is -0.479. The van der Waals surface area contributed by atoms with Gasteiger partial charge in [0.15, 0.2) is 0 Å². The minimum absolute atomic E-state index is 0.166. The van der Waals surface area contributed by atoms with E-state index in [1.54, 1.807) is 28.6 Å². The fourth-order valence-electron chi connectivity index (χ4n) is 8.38. The van der Waals surface area contributed by atoms with Crippen LogP contribution in [0.3, 0.4) is 0 Å². The Labute approximate surface area is 211 Å². The van der Waals surface area contributed by atoms with Gasteiger partial charge in [0.05, 0.1) is 16.6 Å². The van der Waals surface area contributed by atoms with Gasteiger partial charge in [-0.1, -0.05) is 25.4 Å². The Morgan fingerprint density at radius 1 is 1.09 bits per heavy atom. The highest BCUT2D eigenvalue weighted by molar-refractivity contribution is 6.34. The molecule has 1 aliphatic heterocycles. The van der Waals surface area contributed by atoms with E-state index in [1.165, 1.54) is 19.3 Å². The molecular formula is C26H35ClN4O4. The van der Waals surface area contributed by atoms with Crippen LogP contribution in [0, 0.1) is 22.7 Å². The Kier molecular flexibility index (Phi) is 6.03. The number of hydroxylamine groups is 1. The van der Waals surface area contributed by atoms with Gasteiger partial charge >= 0.3 is 6.03 Å². The summed E-state index contributed by atoms with van der Waals surface area (Å²) >= 11 is 6.47. The fraction of sp³-hybridized carbons (Fsp3) is 0.654. The lowest BCUT2D eigenvalue weighted by Crippen LogP contribution is -2.65. The van der Waals surface area contributed by atoms with E-state index in [0.717, 1.165) is 19.3 Å². The fourth-order valence-corrected chi connectivity index (χ4v) is 8.61. The van der Waals surface area contributed by atoms with Gasteiger partial charge in [-0.05, 0) is 86.3 Å². The lowest BCUT2D eigenvalue weighted by Gasteiger charge is -2.65. The van der Waals surface area contributed by atoms with Crippen LogP contribution in [0.15, 0.2) is 18.2 Å². The number of hydrogen-bond acceptors (Lipinski definition) is 4. The standard InChI is InChI=1S/C26H35ClN4O4/c1-24-9-16-10-25(2,13-24)15-26(11-16,14-24)29-23(34)28-20-6-5-17(8-19(20)27)22(33)31-7-3-4-18(12-31)21(32)30-35/h5-6,8,16,18,35H,3-4,7,9-15H2,1-2H3,(H,30,32)(H2,28,29,34)/t16?,18-,24-,25+,26?/m0/s1. The summed E-state index contributed by atoms with van der Waals surface area (Å²) in [5, 5.41) is 15.4. The van der Waals surface area contributed by atoms with Gasteiger partial charge in [-0.2, -0.15) is 0 Å². The molecule has 4 amide bonds. The quantitative estimate of drug-likeness (QED) is 0.357. The van der Waals surface area contributed by atoms with Gasteiger partial charge in [-0.15, -0.1) is 0 Å². The molecule has 9 heteroatoms. The third kappa shape index (κ3) is 4.75. The summed E-state index contributed by atoms with van der Waals surface area (Å²) in [6.07, 6.45) is 8.14. The number of likely N-dealkylation sites (tertiary alicyclic amines) is 1. The number of amides is 4. The Bertz CT molecular complexity index is 1040. The number of urea groups is 1. The molecule has 4 N–H and O–H groups in total. The van der Waals surface area contributed by atoms with Gasteiger partial charge in [0.25, 0.3) is 5.91 Å². The van der Waals surface area contributed by atoms with E-state index in [2.05, 4.69) is 24.5 Å². The smallest absolute Gasteiger partial charge is 0.319 e. The summed E-state index contributed by atoms with van der Waals surface area (Å²) in [5.41, 5.74) is 2.96. The summed E-state index contributed by atoms with van der Waals surface area (Å²) < 4.78 is 0. The van der Waals surface area contributed by atoms with E-state index in [0.29, 0.717) is 47.4 Å². The molecule has 0 radical (unpaired) electrons. The molecule has 4 aliphatic carbocycles. The van der Waals surface area contributed by atoms with Crippen molar-refractivity contribution in [2.45, 2.75) is 70.8 Å². The van der Waals surface area contributed by atoms with Crippen LogP contribution in [0.5, 0.6) is 0 Å². The molecule has 190 valence electrons. The number of benzene rings is 1. The van der Waals surface area contributed by atoms with Crippen molar-refractivity contribution in [2.75, 3.05) is 18.4 Å². The van der Waals surface area contributed by atoms with Crippen molar-refractivity contribution >= 4 is 35.1 Å². The molecule has 4 bridgehead atoms. The summed E-state index contributed by atoms with van der Waals surface area (Å²) in [7, 11) is 0. The first-order valence-corrected chi connectivity index (χ1v) is 13.0. The van der Waals surface area contributed by atoms with Crippen LogP contribution < -0.4 is 16.1 Å². The maximum Gasteiger partial charge on any atom is 0.319 e. The number of anilines is 1. The number of hydrogen-bond donors (Lipinski definition) is 4. The van der Waals surface area contributed by atoms with Gasteiger partial charge < -0.3 is 15.5 Å². The summed E-state index contributed by atoms with van der Waals surface area (Å²) in [5.74, 6) is -0.471. The molecule has 1 aromatic carbocycles. The van der Waals surface area contributed by atoms with Crippen LogP contribution in [0.25, 0.3) is 0 Å². The molecule has 1 saturated heterocycles. The zero-order chi connectivity index (χ0) is 25.0. The highest BCUT2D eigenvalue weighted by atomic mass is 35.5. The number of carbonyl (C=O) groups is 3. The highest BCUT2D eigenvalue weighted by Gasteiger charge is 2.60. The van der Waals surface area contributed by atoms with Crippen molar-refractivity contribution in [2.24, 2.45) is 22.7 Å². The molecule has 35 heavy (non-hydrogen) atoms. The van der Waals surface area contributed by atoms with E-state index < -0.39 is 11.8 Å². The first kappa shape index (κ1) is 24.4. The average molecular weight is 503 g/mol. The summed E-state index contributed by atoms with van der Waals surface area (Å²) in [4.78, 5) is 39.4. The molecular weight excluding hydrogens is 468 g/mol. The predicted molar refractivity (Wildman–Crippen MR) is 132 cm³/mol. The van der Waals surface area contributed by atoms with Gasteiger partial charge in [-0.3, -0.25) is 14.8 Å². The van der Waals surface area contributed by atoms with Crippen LogP contribution in [0.2, 0.25) is 5.02 Å². The average Bonchev–Trinajstić information content (AvgIpc) is 2.76. The molecule has 8 nitrogen and oxygen atoms in total. The van der Waals surface area contributed by atoms with Crippen LogP contribution in [0.1, 0.15) is 75.6 Å². The second-order valence-electron chi connectivity index (χ2n) is 12.3. The molecule has 5 fully saturated rings. The van der Waals surface area contributed by atoms with Crippen LogP contribution in [-0.2, 0) is 4.79 Å². The van der Waals surface area contributed by atoms with Crippen molar-refractivity contribution in [3.63, 3.8) is 0 Å². The van der Waals surface area contributed by atoms with Crippen molar-refractivity contribution in [1.82, 2.24) is 15.7 Å². The van der Waals surface area contributed by atoms with Gasteiger partial charge in [0.2, 0.25) is 5.91 Å². The first-order valence-electron chi connectivity index (χ1n) is 12.6. The number of piperidine rings is 1. The molecule has 4 saturated carbocycles. The highest BCUT2D eigenvalue weighted by Crippen LogP contribution is 2.66. The van der Waals surface area contributed by atoms with Gasteiger partial charge in [-0.25, -0.2) is 10.3 Å². The van der Waals surface area contributed by atoms with Crippen molar-refractivity contribution in [1.29, 1.82) is 0 Å². The van der Waals surface area contributed by atoms with Crippen molar-refractivity contribution < 1.29 is 19.6 Å². The number of nitrogens with one attached hydrogen (secondary N) is 3. The summed E-state index contributed by atoms with van der Waals surface area (Å²) in [6.45, 7) is 5.52. The maximum atomic E-state index is 13.0. The second-order valence-corrected chi connectivity index (χ2v) is 12.7. The molecule has 6 rings (SSSR count). The predicted octanol–water partition coefficient (Wildman–Crippen LogP) is 4.57. The molecule has 2 unspecified atom stereocenters. The third-order valence-electron chi connectivity index (χ3n) is 8.66. The van der Waals surface area contributed by atoms with E-state index in [1.807, 2.05) is 0 Å². The zero-order valence-electron chi connectivity index (χ0n) is 20.5. The topological polar surface area (TPSA) is 111 Å². The molecule has 1 aromatic rings. The Hall–Kier alpha value is -2.32. The molecule has 5 aliphatic rings. The molecule has 1 heterocycles. The van der Waals surface area contributed by atoms with E-state index in [4.69, 9.17) is 16.8 Å². The Morgan fingerprint density at radius 3 is 2.43 bits per heavy atom. The van der Waals surface area contributed by atoms with Gasteiger partial charge in [0.1, 0.15) is 0 Å². The second kappa shape index (κ2) is 8.66. The number of rotatable bonds is 4. The first-order chi connectivity index (χ1) is 16.5. The number of nitrogens with zero attached hydrogens (tertiary/aromatic N) is 1. The van der Waals surface area contributed by atoms with E-state index >= 15 is 0 Å². The van der Waals surface area contributed by atoms with Gasteiger partial charge in [0, 0.05) is 24.2 Å². The lowest BCUT2D eigenvalue weighted by atomic mass is 9.43. The molecule has 0 aromatic heterocycles. The Morgan fingerprint density at radius 2 is 1.80 bits per heavy atom. The maximum absolute atomic E-state index is 13.0. The molecule has 5 atom stereocenters. The number of carbonyl (C=O) groups excluding carboxylic acids is 3. The number of halogens is 1. The van der Waals surface area contributed by atoms with Crippen molar-refractivity contribution in [3.8, 4) is 0 Å². The van der Waals surface area contributed by atoms with Crippen molar-refractivity contribution in [3.05, 3.63) is 28.8 Å². The summed E-state index contributed by atoms with van der Waals surface area (Å²) in [6, 6.07) is 4.60. The SMILES string of the molecule is C[C@]12CC3CC(NC(=O)Nc4ccc(C(=O)N5CCC[C@H](C(=O)NO)C5)cc4Cl)(C1)C[C@@](C)(C3)C2. The third-order valence-corrected chi connectivity index (χ3v) is 8.97. The van der Waals surface area contributed by atoms with Crippen LogP contribution in [-0.4, -0.2) is 46.6 Å². The minimum Gasteiger partial charge on any atom is -0.338 e. The monoisotopic (exact) mass is 502 g/mol. The normalized spacial score (nSPS) is 35.5. The van der Waals surface area contributed by atoms with Crippen LogP contribution >= 0.6 is 11.6 Å². The van der Waals surface area contributed by atoms with Crippen LogP contribution in [0.4, 0.5) is 10.5 Å².